The minimum absolute atomic E-state index is 0. The molecule has 3 aromatic rings. The highest BCUT2D eigenvalue weighted by atomic mass is 35.5. The maximum Gasteiger partial charge on any atom is 0.245 e. The van der Waals surface area contributed by atoms with Crippen LogP contribution in [0.15, 0.2) is 79.4 Å². The summed E-state index contributed by atoms with van der Waals surface area (Å²) in [4.78, 5) is 0. The lowest BCUT2D eigenvalue weighted by Gasteiger charge is -2.24. The second kappa shape index (κ2) is 6.82. The monoisotopic (exact) mass is 340 g/mol. The Morgan fingerprint density at radius 1 is 0.750 bits per heavy atom. The molecule has 0 fully saturated rings. The van der Waals surface area contributed by atoms with Gasteiger partial charge in [-0.25, -0.2) is 9.13 Å². The molecule has 0 spiro atoms. The van der Waals surface area contributed by atoms with E-state index >= 15 is 0 Å². The van der Waals surface area contributed by atoms with E-state index in [1.165, 1.54) is 11.1 Å². The average molecular weight is 341 g/mol. The van der Waals surface area contributed by atoms with Crippen LogP contribution in [0.1, 0.15) is 38.8 Å². The largest absolute Gasteiger partial charge is 1.00 e. The molecule has 0 atom stereocenters. The van der Waals surface area contributed by atoms with Crippen LogP contribution in [0, 0.1) is 0 Å². The van der Waals surface area contributed by atoms with E-state index in [1.807, 2.05) is 0 Å². The molecule has 0 bridgehead atoms. The zero-order chi connectivity index (χ0) is 16.5. The highest BCUT2D eigenvalue weighted by Gasteiger charge is 2.32. The van der Waals surface area contributed by atoms with Gasteiger partial charge in [0.2, 0.25) is 6.33 Å². The molecule has 24 heavy (non-hydrogen) atoms. The van der Waals surface area contributed by atoms with Gasteiger partial charge in [0, 0.05) is 0 Å². The maximum atomic E-state index is 2.28. The summed E-state index contributed by atoms with van der Waals surface area (Å²) in [6, 6.07) is 21.3. The van der Waals surface area contributed by atoms with Gasteiger partial charge in [-0.3, -0.25) is 0 Å². The first kappa shape index (κ1) is 18.3. The molecule has 2 aromatic carbocycles. The summed E-state index contributed by atoms with van der Waals surface area (Å²) < 4.78 is 4.57. The number of aromatic nitrogens is 2. The Kier molecular flexibility index (Phi) is 5.19. The molecule has 0 radical (unpaired) electrons. The van der Waals surface area contributed by atoms with Crippen LogP contribution in [0.2, 0.25) is 0 Å². The van der Waals surface area contributed by atoms with Gasteiger partial charge in [-0.1, -0.05) is 60.7 Å². The Hall–Kier alpha value is -2.06. The first-order valence-electron chi connectivity index (χ1n) is 8.13. The Morgan fingerprint density at radius 2 is 1.25 bits per heavy atom. The van der Waals surface area contributed by atoms with E-state index < -0.39 is 0 Å². The van der Waals surface area contributed by atoms with Crippen molar-refractivity contribution in [2.75, 3.05) is 0 Å². The molecule has 0 saturated carbocycles. The van der Waals surface area contributed by atoms with Gasteiger partial charge >= 0.3 is 0 Å². The summed E-state index contributed by atoms with van der Waals surface area (Å²) in [5, 5.41) is 0. The summed E-state index contributed by atoms with van der Waals surface area (Å²) in [5.41, 5.74) is 2.44. The van der Waals surface area contributed by atoms with Crippen molar-refractivity contribution < 1.29 is 17.0 Å². The van der Waals surface area contributed by atoms with E-state index in [9.17, 15) is 0 Å². The van der Waals surface area contributed by atoms with Crippen LogP contribution in [0.25, 0.3) is 0 Å². The number of benzene rings is 2. The lowest BCUT2D eigenvalue weighted by atomic mass is 9.94. The van der Waals surface area contributed by atoms with E-state index in [0.29, 0.717) is 0 Å². The first-order chi connectivity index (χ1) is 10.9. The van der Waals surface area contributed by atoms with Crippen molar-refractivity contribution in [3.8, 4) is 0 Å². The molecule has 2 nitrogen and oxygen atoms in total. The highest BCUT2D eigenvalue weighted by Crippen LogP contribution is 2.26. The molecule has 0 unspecified atom stereocenters. The summed E-state index contributed by atoms with van der Waals surface area (Å²) in [6.07, 6.45) is 6.54. The highest BCUT2D eigenvalue weighted by molar-refractivity contribution is 5.24. The summed E-state index contributed by atoms with van der Waals surface area (Å²) >= 11 is 0. The van der Waals surface area contributed by atoms with Crippen LogP contribution in [-0.4, -0.2) is 4.57 Å². The number of imidazole rings is 1. The van der Waals surface area contributed by atoms with Gasteiger partial charge in [-0.15, -0.1) is 0 Å². The second-order valence-corrected chi connectivity index (χ2v) is 7.08. The molecule has 0 aliphatic heterocycles. The van der Waals surface area contributed by atoms with Gasteiger partial charge < -0.3 is 12.4 Å². The van der Waals surface area contributed by atoms with Crippen molar-refractivity contribution in [1.82, 2.24) is 4.57 Å². The van der Waals surface area contributed by atoms with Gasteiger partial charge in [0.1, 0.15) is 23.5 Å². The minimum Gasteiger partial charge on any atom is -1.00 e. The molecule has 1 heterocycles. The van der Waals surface area contributed by atoms with Crippen LogP contribution in [0.3, 0.4) is 0 Å². The van der Waals surface area contributed by atoms with E-state index in [1.54, 1.807) is 0 Å². The molecule has 3 rings (SSSR count). The van der Waals surface area contributed by atoms with Crippen LogP contribution in [-0.2, 0) is 11.1 Å². The van der Waals surface area contributed by atoms with E-state index in [0.717, 1.165) is 0 Å². The first-order valence-corrected chi connectivity index (χ1v) is 8.13. The van der Waals surface area contributed by atoms with Crippen LogP contribution >= 0.6 is 0 Å². The van der Waals surface area contributed by atoms with Gasteiger partial charge in [0.15, 0.2) is 0 Å². The van der Waals surface area contributed by atoms with Crippen LogP contribution in [0.4, 0.5) is 0 Å². The smallest absolute Gasteiger partial charge is 0.245 e. The maximum absolute atomic E-state index is 2.28. The van der Waals surface area contributed by atoms with Gasteiger partial charge in [0.05, 0.1) is 0 Å². The predicted octanol–water partition coefficient (Wildman–Crippen LogP) is 1.35. The molecular formula is C21H25ClN2. The summed E-state index contributed by atoms with van der Waals surface area (Å²) in [6.45, 7) is 9.01. The van der Waals surface area contributed by atoms with Crippen molar-refractivity contribution in [2.24, 2.45) is 0 Å². The number of hydrogen-bond acceptors (Lipinski definition) is 0. The standard InChI is InChI=1S/C21H25N2.ClH/c1-20(2,18-11-7-5-8-12-18)22-15-16-23(17-22)21(3,4)19-13-9-6-10-14-19;/h5-17H,1-4H3;1H/q+1;/p-1. The van der Waals surface area contributed by atoms with E-state index in [-0.39, 0.29) is 23.5 Å². The van der Waals surface area contributed by atoms with Crippen LogP contribution in [0.5, 0.6) is 0 Å². The average Bonchev–Trinajstić information content (AvgIpc) is 3.08. The fraction of sp³-hybridized carbons (Fsp3) is 0.286. The molecule has 3 heteroatoms. The third kappa shape index (κ3) is 3.25. The number of nitrogens with zero attached hydrogens (tertiary/aromatic N) is 2. The third-order valence-electron chi connectivity index (χ3n) is 4.89. The fourth-order valence-corrected chi connectivity index (χ4v) is 3.01. The molecule has 0 N–H and O–H groups in total. The van der Waals surface area contributed by atoms with Crippen molar-refractivity contribution in [1.29, 1.82) is 0 Å². The van der Waals surface area contributed by atoms with Crippen molar-refractivity contribution in [3.05, 3.63) is 90.5 Å². The van der Waals surface area contributed by atoms with Crippen molar-refractivity contribution in [3.63, 3.8) is 0 Å². The lowest BCUT2D eigenvalue weighted by molar-refractivity contribution is -0.747. The third-order valence-corrected chi connectivity index (χ3v) is 4.89. The second-order valence-electron chi connectivity index (χ2n) is 7.08. The SMILES string of the molecule is CC(C)(c1ccccc1)n1cc[n+](C(C)(C)c2ccccc2)c1.[Cl-]. The van der Waals surface area contributed by atoms with Crippen LogP contribution < -0.4 is 17.0 Å². The van der Waals surface area contributed by atoms with Gasteiger partial charge in [-0.2, -0.15) is 0 Å². The quantitative estimate of drug-likeness (QED) is 0.634. The Balaban J connectivity index is 0.00000208. The fourth-order valence-electron chi connectivity index (χ4n) is 3.01. The zero-order valence-corrected chi connectivity index (χ0v) is 15.5. The predicted molar refractivity (Wildman–Crippen MR) is 94.4 cm³/mol. The van der Waals surface area contributed by atoms with Crippen molar-refractivity contribution >= 4 is 0 Å². The van der Waals surface area contributed by atoms with E-state index in [2.05, 4.69) is 116 Å². The molecular weight excluding hydrogens is 316 g/mol. The topological polar surface area (TPSA) is 8.81 Å². The molecule has 126 valence electrons. The molecule has 0 aliphatic rings. The molecule has 1 aromatic heterocycles. The normalized spacial score (nSPS) is 11.8. The lowest BCUT2D eigenvalue weighted by Crippen LogP contribution is -3.00. The van der Waals surface area contributed by atoms with Crippen molar-refractivity contribution in [2.45, 2.75) is 38.8 Å². The zero-order valence-electron chi connectivity index (χ0n) is 14.8. The summed E-state index contributed by atoms with van der Waals surface area (Å²) in [5.74, 6) is 0. The number of rotatable bonds is 4. The Labute approximate surface area is 151 Å². The van der Waals surface area contributed by atoms with E-state index in [4.69, 9.17) is 0 Å². The number of hydrogen-bond donors (Lipinski definition) is 0. The minimum atomic E-state index is -0.0840. The molecule has 0 saturated heterocycles. The summed E-state index contributed by atoms with van der Waals surface area (Å²) in [7, 11) is 0. The number of halogens is 1. The molecule has 0 amide bonds. The van der Waals surface area contributed by atoms with Gasteiger partial charge in [-0.05, 0) is 38.8 Å². The van der Waals surface area contributed by atoms with Gasteiger partial charge in [0.25, 0.3) is 0 Å². The molecule has 0 aliphatic carbocycles. The Morgan fingerprint density at radius 3 is 1.79 bits per heavy atom. The Bertz CT molecular complexity index is 708.